The second-order valence-corrected chi connectivity index (χ2v) is 5.96. The zero-order chi connectivity index (χ0) is 15.4. The van der Waals surface area contributed by atoms with Crippen molar-refractivity contribution in [1.82, 2.24) is 9.80 Å². The molecule has 0 bridgehead atoms. The SMILES string of the molecule is Cc1ccc(C)c(C(=O)C(C)N2CCN(CCO)CC2)c1. The number of aliphatic hydroxyl groups is 1. The van der Waals surface area contributed by atoms with Crippen molar-refractivity contribution in [3.8, 4) is 0 Å². The first-order valence-corrected chi connectivity index (χ1v) is 7.71. The van der Waals surface area contributed by atoms with E-state index in [-0.39, 0.29) is 18.4 Å². The molecule has 1 N–H and O–H groups in total. The minimum Gasteiger partial charge on any atom is -0.395 e. The Labute approximate surface area is 127 Å². The first-order chi connectivity index (χ1) is 10.0. The van der Waals surface area contributed by atoms with Gasteiger partial charge in [-0.25, -0.2) is 0 Å². The number of carbonyl (C=O) groups is 1. The van der Waals surface area contributed by atoms with E-state index in [0.29, 0.717) is 0 Å². The number of carbonyl (C=O) groups excluding carboxylic acids is 1. The summed E-state index contributed by atoms with van der Waals surface area (Å²) in [5, 5.41) is 8.98. The zero-order valence-corrected chi connectivity index (χ0v) is 13.3. The van der Waals surface area contributed by atoms with E-state index >= 15 is 0 Å². The summed E-state index contributed by atoms with van der Waals surface area (Å²) in [6, 6.07) is 5.98. The van der Waals surface area contributed by atoms with Gasteiger partial charge < -0.3 is 5.11 Å². The number of aryl methyl sites for hydroxylation is 2. The third-order valence-corrected chi connectivity index (χ3v) is 4.41. The molecule has 0 saturated carbocycles. The topological polar surface area (TPSA) is 43.8 Å². The van der Waals surface area contributed by atoms with Crippen molar-refractivity contribution in [2.24, 2.45) is 0 Å². The van der Waals surface area contributed by atoms with Gasteiger partial charge in [0.2, 0.25) is 0 Å². The number of benzene rings is 1. The number of rotatable bonds is 5. The van der Waals surface area contributed by atoms with Crippen LogP contribution < -0.4 is 0 Å². The van der Waals surface area contributed by atoms with Crippen LogP contribution in [0.15, 0.2) is 18.2 Å². The molecule has 1 saturated heterocycles. The number of hydrogen-bond acceptors (Lipinski definition) is 4. The van der Waals surface area contributed by atoms with E-state index in [1.54, 1.807) is 0 Å². The maximum absolute atomic E-state index is 12.7. The van der Waals surface area contributed by atoms with Crippen LogP contribution in [0, 0.1) is 13.8 Å². The molecule has 2 rings (SSSR count). The van der Waals surface area contributed by atoms with Crippen molar-refractivity contribution in [2.45, 2.75) is 26.8 Å². The summed E-state index contributed by atoms with van der Waals surface area (Å²) >= 11 is 0. The fourth-order valence-corrected chi connectivity index (χ4v) is 2.91. The lowest BCUT2D eigenvalue weighted by Gasteiger charge is -2.37. The maximum atomic E-state index is 12.7. The number of nitrogens with zero attached hydrogens (tertiary/aromatic N) is 2. The van der Waals surface area contributed by atoms with Crippen molar-refractivity contribution >= 4 is 5.78 Å². The molecule has 4 heteroatoms. The Morgan fingerprint density at radius 2 is 1.90 bits per heavy atom. The van der Waals surface area contributed by atoms with Gasteiger partial charge in [-0.1, -0.05) is 17.7 Å². The van der Waals surface area contributed by atoms with Crippen LogP contribution in [0.4, 0.5) is 0 Å². The second kappa shape index (κ2) is 7.16. The molecule has 0 radical (unpaired) electrons. The van der Waals surface area contributed by atoms with Crippen molar-refractivity contribution in [2.75, 3.05) is 39.3 Å². The molecule has 0 aromatic heterocycles. The highest BCUT2D eigenvalue weighted by Crippen LogP contribution is 2.16. The second-order valence-electron chi connectivity index (χ2n) is 5.96. The highest BCUT2D eigenvalue weighted by molar-refractivity contribution is 6.01. The summed E-state index contributed by atoms with van der Waals surface area (Å²) < 4.78 is 0. The molecule has 4 nitrogen and oxygen atoms in total. The molecule has 0 amide bonds. The fraction of sp³-hybridized carbons (Fsp3) is 0.588. The van der Waals surface area contributed by atoms with Gasteiger partial charge in [-0.15, -0.1) is 0 Å². The molecule has 116 valence electrons. The summed E-state index contributed by atoms with van der Waals surface area (Å²) in [7, 11) is 0. The predicted molar refractivity (Wildman–Crippen MR) is 84.8 cm³/mol. The Hall–Kier alpha value is -1.23. The third kappa shape index (κ3) is 3.90. The molecule has 1 aromatic rings. The Morgan fingerprint density at radius 3 is 2.52 bits per heavy atom. The van der Waals surface area contributed by atoms with Gasteiger partial charge in [0.15, 0.2) is 5.78 Å². The summed E-state index contributed by atoms with van der Waals surface area (Å²) in [4.78, 5) is 17.2. The Balaban J connectivity index is 2.01. The molecular formula is C17H26N2O2. The molecule has 1 aliphatic rings. The van der Waals surface area contributed by atoms with Gasteiger partial charge in [0, 0.05) is 38.3 Å². The van der Waals surface area contributed by atoms with Gasteiger partial charge in [0.25, 0.3) is 0 Å². The van der Waals surface area contributed by atoms with Crippen LogP contribution in [0.3, 0.4) is 0 Å². The lowest BCUT2D eigenvalue weighted by molar-refractivity contribution is 0.0663. The predicted octanol–water partition coefficient (Wildman–Crippen LogP) is 1.48. The highest BCUT2D eigenvalue weighted by atomic mass is 16.3. The van der Waals surface area contributed by atoms with Crippen molar-refractivity contribution in [3.05, 3.63) is 34.9 Å². The van der Waals surface area contributed by atoms with Gasteiger partial charge in [-0.2, -0.15) is 0 Å². The molecule has 1 fully saturated rings. The van der Waals surface area contributed by atoms with Gasteiger partial charge in [-0.05, 0) is 32.4 Å². The minimum absolute atomic E-state index is 0.0817. The number of β-amino-alcohol motifs (C(OH)–C–C–N with tert-alkyl or cyclic N) is 1. The largest absolute Gasteiger partial charge is 0.395 e. The van der Waals surface area contributed by atoms with Crippen LogP contribution >= 0.6 is 0 Å². The van der Waals surface area contributed by atoms with E-state index in [1.807, 2.05) is 39.0 Å². The standard InChI is InChI=1S/C17H26N2O2/c1-13-4-5-14(2)16(12-13)17(21)15(3)19-8-6-18(7-9-19)10-11-20/h4-5,12,15,20H,6-11H2,1-3H3. The first kappa shape index (κ1) is 16.1. The van der Waals surface area contributed by atoms with Crippen LogP contribution in [0.5, 0.6) is 0 Å². The van der Waals surface area contributed by atoms with Crippen LogP contribution in [0.25, 0.3) is 0 Å². The smallest absolute Gasteiger partial charge is 0.179 e. The summed E-state index contributed by atoms with van der Waals surface area (Å²) in [6.07, 6.45) is 0. The molecular weight excluding hydrogens is 264 g/mol. The number of ketones is 1. The summed E-state index contributed by atoms with van der Waals surface area (Å²) in [5.74, 6) is 0.215. The van der Waals surface area contributed by atoms with Gasteiger partial charge >= 0.3 is 0 Å². The lowest BCUT2D eigenvalue weighted by Crippen LogP contribution is -2.52. The number of Topliss-reactive ketones (excluding diaryl/α,β-unsaturated/α-hetero) is 1. The molecule has 1 unspecified atom stereocenters. The van der Waals surface area contributed by atoms with E-state index in [9.17, 15) is 4.79 Å². The molecule has 1 aromatic carbocycles. The van der Waals surface area contributed by atoms with Crippen LogP contribution in [-0.4, -0.2) is 66.1 Å². The average molecular weight is 290 g/mol. The number of piperazine rings is 1. The molecule has 1 atom stereocenters. The van der Waals surface area contributed by atoms with E-state index < -0.39 is 0 Å². The lowest BCUT2D eigenvalue weighted by atomic mass is 9.97. The quantitative estimate of drug-likeness (QED) is 0.834. The minimum atomic E-state index is -0.0817. The number of aliphatic hydroxyl groups excluding tert-OH is 1. The van der Waals surface area contributed by atoms with Crippen molar-refractivity contribution < 1.29 is 9.90 Å². The Kier molecular flexibility index (Phi) is 5.51. The van der Waals surface area contributed by atoms with Crippen LogP contribution in [0.2, 0.25) is 0 Å². The summed E-state index contributed by atoms with van der Waals surface area (Å²) in [5.41, 5.74) is 3.03. The van der Waals surface area contributed by atoms with E-state index in [1.165, 1.54) is 0 Å². The third-order valence-electron chi connectivity index (χ3n) is 4.41. The Bertz CT molecular complexity index is 494. The number of hydrogen-bond donors (Lipinski definition) is 1. The Morgan fingerprint density at radius 1 is 1.24 bits per heavy atom. The highest BCUT2D eigenvalue weighted by Gasteiger charge is 2.26. The molecule has 1 heterocycles. The fourth-order valence-electron chi connectivity index (χ4n) is 2.91. The monoisotopic (exact) mass is 290 g/mol. The van der Waals surface area contributed by atoms with Crippen LogP contribution in [-0.2, 0) is 0 Å². The average Bonchev–Trinajstić information content (AvgIpc) is 2.49. The van der Waals surface area contributed by atoms with Crippen molar-refractivity contribution in [3.63, 3.8) is 0 Å². The van der Waals surface area contributed by atoms with Gasteiger partial charge in [-0.3, -0.25) is 14.6 Å². The van der Waals surface area contributed by atoms with Crippen LogP contribution in [0.1, 0.15) is 28.4 Å². The maximum Gasteiger partial charge on any atom is 0.179 e. The first-order valence-electron chi connectivity index (χ1n) is 7.71. The van der Waals surface area contributed by atoms with E-state index in [4.69, 9.17) is 5.11 Å². The molecule has 1 aliphatic heterocycles. The zero-order valence-electron chi connectivity index (χ0n) is 13.3. The van der Waals surface area contributed by atoms with Gasteiger partial charge in [0.1, 0.15) is 0 Å². The molecule has 0 aliphatic carbocycles. The van der Waals surface area contributed by atoms with Gasteiger partial charge in [0.05, 0.1) is 12.6 Å². The summed E-state index contributed by atoms with van der Waals surface area (Å²) in [6.45, 7) is 10.6. The normalized spacial score (nSPS) is 18.7. The molecule has 0 spiro atoms. The van der Waals surface area contributed by atoms with E-state index in [0.717, 1.165) is 49.4 Å². The molecule has 21 heavy (non-hydrogen) atoms. The van der Waals surface area contributed by atoms with Crippen molar-refractivity contribution in [1.29, 1.82) is 0 Å². The van der Waals surface area contributed by atoms with E-state index in [2.05, 4.69) is 9.80 Å².